The summed E-state index contributed by atoms with van der Waals surface area (Å²) < 4.78 is 45.9. The predicted octanol–water partition coefficient (Wildman–Crippen LogP) is 3.84. The van der Waals surface area contributed by atoms with Crippen LogP contribution >= 0.6 is 0 Å². The summed E-state index contributed by atoms with van der Waals surface area (Å²) >= 11 is 0. The van der Waals surface area contributed by atoms with Crippen LogP contribution < -0.4 is 24.8 Å². The predicted molar refractivity (Wildman–Crippen MR) is 201 cm³/mol. The van der Waals surface area contributed by atoms with Crippen molar-refractivity contribution >= 4 is 44.9 Å². The number of hydrogen-bond donors (Lipinski definition) is 3. The molecule has 16 heteroatoms. The second-order valence-electron chi connectivity index (χ2n) is 16.9. The molecule has 2 aliphatic heterocycles. The number of sulfonamides is 1. The van der Waals surface area contributed by atoms with Crippen molar-refractivity contribution in [1.29, 1.82) is 0 Å². The van der Waals surface area contributed by atoms with Crippen LogP contribution in [0.5, 0.6) is 11.6 Å². The molecule has 2 aromatic rings. The molecule has 55 heavy (non-hydrogen) atoms. The molecule has 0 radical (unpaired) electrons. The highest BCUT2D eigenvalue weighted by Crippen LogP contribution is 2.45. The number of nitrogens with zero attached hydrogens (tertiary/aromatic N) is 3. The lowest BCUT2D eigenvalue weighted by atomic mass is 9.66. The van der Waals surface area contributed by atoms with Gasteiger partial charge in [-0.15, -0.1) is 6.58 Å². The Kier molecular flexibility index (Phi) is 10.3. The zero-order chi connectivity index (χ0) is 39.3. The first kappa shape index (κ1) is 38.8. The minimum atomic E-state index is -3.92. The van der Waals surface area contributed by atoms with Crippen molar-refractivity contribution in [2.75, 3.05) is 13.7 Å². The summed E-state index contributed by atoms with van der Waals surface area (Å²) in [5, 5.41) is 5.06. The number of ether oxygens (including phenoxy) is 3. The minimum Gasteiger partial charge on any atom is -0.497 e. The van der Waals surface area contributed by atoms with Crippen LogP contribution in [0.4, 0.5) is 4.79 Å². The van der Waals surface area contributed by atoms with Crippen molar-refractivity contribution < 1.29 is 41.8 Å². The Labute approximate surface area is 321 Å². The van der Waals surface area contributed by atoms with Gasteiger partial charge in [0.25, 0.3) is 5.91 Å². The van der Waals surface area contributed by atoms with Gasteiger partial charge in [-0.25, -0.2) is 23.2 Å². The van der Waals surface area contributed by atoms with Gasteiger partial charge in [-0.2, -0.15) is 0 Å². The summed E-state index contributed by atoms with van der Waals surface area (Å²) in [6, 6.07) is 3.18. The van der Waals surface area contributed by atoms with Crippen LogP contribution in [0.2, 0.25) is 0 Å². The number of benzene rings is 1. The number of carbonyl (C=O) groups is 4. The number of alkyl carbamates (subject to hydrolysis) is 1. The van der Waals surface area contributed by atoms with Crippen molar-refractivity contribution in [2.45, 2.75) is 132 Å². The van der Waals surface area contributed by atoms with Crippen LogP contribution in [0.25, 0.3) is 11.0 Å². The highest BCUT2D eigenvalue weighted by Gasteiger charge is 2.56. The molecule has 5 aliphatic rings. The molecule has 5 atom stereocenters. The zero-order valence-corrected chi connectivity index (χ0v) is 32.8. The Bertz CT molecular complexity index is 1990. The summed E-state index contributed by atoms with van der Waals surface area (Å²) in [6.45, 7) is 9.26. The van der Waals surface area contributed by atoms with Crippen molar-refractivity contribution in [3.63, 3.8) is 0 Å². The van der Waals surface area contributed by atoms with E-state index in [2.05, 4.69) is 21.9 Å². The monoisotopic (exact) mass is 780 g/mol. The molecular formula is C39H52N6O9S. The van der Waals surface area contributed by atoms with E-state index in [1.807, 2.05) is 32.9 Å². The van der Waals surface area contributed by atoms with E-state index in [1.165, 1.54) is 11.0 Å². The number of amides is 4. The van der Waals surface area contributed by atoms with Gasteiger partial charge in [0.2, 0.25) is 27.7 Å². The molecule has 15 nitrogen and oxygen atoms in total. The van der Waals surface area contributed by atoms with Crippen LogP contribution in [-0.4, -0.2) is 95.3 Å². The molecule has 4 amide bonds. The van der Waals surface area contributed by atoms with E-state index in [-0.39, 0.29) is 25.3 Å². The lowest BCUT2D eigenvalue weighted by Crippen LogP contribution is -2.70. The third-order valence-corrected chi connectivity index (χ3v) is 13.6. The summed E-state index contributed by atoms with van der Waals surface area (Å²) in [6.07, 6.45) is 6.98. The Hall–Kier alpha value is -4.47. The summed E-state index contributed by atoms with van der Waals surface area (Å²) in [5.41, 5.74) is -1.09. The highest BCUT2D eigenvalue weighted by atomic mass is 32.2. The van der Waals surface area contributed by atoms with Gasteiger partial charge in [-0.05, 0) is 81.8 Å². The van der Waals surface area contributed by atoms with Crippen LogP contribution in [0.1, 0.15) is 97.1 Å². The molecule has 5 unspecified atom stereocenters. The maximum absolute atomic E-state index is 14.7. The van der Waals surface area contributed by atoms with Gasteiger partial charge in [0, 0.05) is 18.4 Å². The van der Waals surface area contributed by atoms with Crippen LogP contribution in [0.3, 0.4) is 0 Å². The molecule has 1 aromatic carbocycles. The van der Waals surface area contributed by atoms with Gasteiger partial charge >= 0.3 is 6.09 Å². The molecule has 1 spiro atoms. The summed E-state index contributed by atoms with van der Waals surface area (Å²) in [7, 11) is -2.35. The minimum absolute atomic E-state index is 0.0239. The molecule has 4 fully saturated rings. The van der Waals surface area contributed by atoms with Gasteiger partial charge in [-0.3, -0.25) is 19.1 Å². The number of methoxy groups -OCH3 is 1. The van der Waals surface area contributed by atoms with E-state index in [4.69, 9.17) is 24.2 Å². The second kappa shape index (κ2) is 14.6. The van der Waals surface area contributed by atoms with E-state index in [1.54, 1.807) is 13.2 Å². The number of hydrogen-bond acceptors (Lipinski definition) is 11. The fourth-order valence-corrected chi connectivity index (χ4v) is 9.35. The van der Waals surface area contributed by atoms with Crippen molar-refractivity contribution in [2.24, 2.45) is 11.3 Å². The Morgan fingerprint density at radius 2 is 1.82 bits per heavy atom. The quantitative estimate of drug-likeness (QED) is 0.346. The molecule has 3 N–H and O–H groups in total. The molecular weight excluding hydrogens is 729 g/mol. The lowest BCUT2D eigenvalue weighted by Gasteiger charge is -2.47. The van der Waals surface area contributed by atoms with E-state index >= 15 is 0 Å². The molecule has 7 rings (SSSR count). The van der Waals surface area contributed by atoms with Gasteiger partial charge in [-0.1, -0.05) is 33.3 Å². The molecule has 3 aliphatic carbocycles. The fraction of sp³-hybridized carbons (Fsp3) is 0.641. The summed E-state index contributed by atoms with van der Waals surface area (Å²) in [5.74, 6) is -1.65. The van der Waals surface area contributed by atoms with Crippen LogP contribution in [-0.2, 0) is 35.6 Å². The van der Waals surface area contributed by atoms with Crippen LogP contribution in [0, 0.1) is 11.3 Å². The first-order valence-electron chi connectivity index (χ1n) is 19.4. The standard InChI is InChI=1S/C39H52N6O9S/c1-6-23-15-17-39(23,35(48)44-55(50,51)26-12-13-26)43-32(46)30-21-25-22-45(30)34(47)31(37(2,3)4)42-36(49)54-38(18-19-38)16-9-7-8-10-28-33(53-25)41-29-20-24(52-5)11-14-27(29)40-28/h6,11,14,20,23,25-26,30-31H,1,7-10,12-13,15-19,21-22H2,2-5H3,(H,42,49)(H,43,46)(H,44,48). The van der Waals surface area contributed by atoms with E-state index in [9.17, 15) is 27.6 Å². The Morgan fingerprint density at radius 1 is 1.05 bits per heavy atom. The Morgan fingerprint density at radius 3 is 2.45 bits per heavy atom. The second-order valence-corrected chi connectivity index (χ2v) is 18.9. The van der Waals surface area contributed by atoms with Crippen LogP contribution in [0.15, 0.2) is 30.9 Å². The maximum Gasteiger partial charge on any atom is 0.408 e. The van der Waals surface area contributed by atoms with Crippen molar-refractivity contribution in [1.82, 2.24) is 30.2 Å². The van der Waals surface area contributed by atoms with E-state index < -0.39 is 79.7 Å². The average molecular weight is 781 g/mol. The number of aromatic nitrogens is 2. The molecule has 3 saturated carbocycles. The number of fused-ring (bicyclic) bond motifs is 4. The molecule has 2 bridgehead atoms. The van der Waals surface area contributed by atoms with E-state index in [0.717, 1.165) is 32.1 Å². The third kappa shape index (κ3) is 7.96. The molecule has 1 saturated heterocycles. The topological polar surface area (TPSA) is 195 Å². The molecule has 298 valence electrons. The Balaban J connectivity index is 1.24. The van der Waals surface area contributed by atoms with Gasteiger partial charge in [0.05, 0.1) is 29.9 Å². The van der Waals surface area contributed by atoms with Gasteiger partial charge in [0.1, 0.15) is 40.8 Å². The normalized spacial score (nSPS) is 28.4. The first-order valence-corrected chi connectivity index (χ1v) is 20.9. The lowest BCUT2D eigenvalue weighted by molar-refractivity contribution is -0.145. The highest BCUT2D eigenvalue weighted by molar-refractivity contribution is 7.91. The number of aryl methyl sites for hydroxylation is 1. The number of nitrogens with one attached hydrogen (secondary N) is 3. The number of carbonyl (C=O) groups excluding carboxylic acids is 4. The molecule has 3 heterocycles. The average Bonchev–Trinajstić information content (AvgIpc) is 4.06. The van der Waals surface area contributed by atoms with Crippen molar-refractivity contribution in [3.8, 4) is 11.6 Å². The fourth-order valence-electron chi connectivity index (χ4n) is 7.99. The maximum atomic E-state index is 14.7. The SMILES string of the molecule is C=CC1CCC1(NC(=O)C1CC2CN1C(=O)C(C(C)(C)C)NC(=O)OC1(CCCCCc3nc4ccc(OC)cc4nc3O2)CC1)C(=O)NS(=O)(=O)C1CC1. The first-order chi connectivity index (χ1) is 26.1. The largest absolute Gasteiger partial charge is 0.497 e. The van der Waals surface area contributed by atoms with E-state index in [0.29, 0.717) is 54.6 Å². The summed E-state index contributed by atoms with van der Waals surface area (Å²) in [4.78, 5) is 67.6. The third-order valence-electron chi connectivity index (χ3n) is 11.8. The molecule has 1 aromatic heterocycles. The van der Waals surface area contributed by atoms with Gasteiger partial charge in [0.15, 0.2) is 0 Å². The zero-order valence-electron chi connectivity index (χ0n) is 32.0. The number of rotatable bonds is 7. The van der Waals surface area contributed by atoms with Crippen molar-refractivity contribution in [3.05, 3.63) is 36.5 Å². The van der Waals surface area contributed by atoms with Gasteiger partial charge < -0.3 is 29.7 Å². The smallest absolute Gasteiger partial charge is 0.408 e.